The Bertz CT molecular complexity index is 1540. The van der Waals surface area contributed by atoms with Crippen LogP contribution in [0.4, 0.5) is 11.6 Å². The average molecular weight is 500 g/mol. The van der Waals surface area contributed by atoms with E-state index in [4.69, 9.17) is 32.9 Å². The van der Waals surface area contributed by atoms with Crippen LogP contribution in [0.1, 0.15) is 12.5 Å². The van der Waals surface area contributed by atoms with Gasteiger partial charge in [-0.3, -0.25) is 13.9 Å². The molecule has 5 rings (SSSR count). The Kier molecular flexibility index (Phi) is 5.65. The number of ether oxygens (including phenoxy) is 1. The Balaban J connectivity index is 1.70. The number of hydrogen-bond acceptors (Lipinski definition) is 5. The number of nitrogens with zero attached hydrogens (tertiary/aromatic N) is 5. The van der Waals surface area contributed by atoms with Crippen LogP contribution in [0.15, 0.2) is 52.1 Å². The first-order valence-corrected chi connectivity index (χ1v) is 11.6. The number of imidazole rings is 1. The molecule has 0 bridgehead atoms. The highest BCUT2D eigenvalue weighted by molar-refractivity contribution is 6.42. The van der Waals surface area contributed by atoms with Crippen LogP contribution >= 0.6 is 23.2 Å². The standard InChI is InChI=1S/C24H23Cl2N5O3/c1-14-11-29(16-5-4-6-17(10-16)34-3)23-27-21-20(30(23)12-14)22(32)31(24(33)28(21)2)13-15-7-8-18(25)19(26)9-15/h4-10,14H,11-13H2,1-3H3. The third-order valence-electron chi connectivity index (χ3n) is 6.13. The van der Waals surface area contributed by atoms with E-state index in [2.05, 4.69) is 11.8 Å². The molecule has 0 saturated heterocycles. The highest BCUT2D eigenvalue weighted by Crippen LogP contribution is 2.34. The molecule has 1 aliphatic rings. The SMILES string of the molecule is COc1cccc(N2CC(C)Cn3c2nc2c3c(=O)n(Cc3ccc(Cl)c(Cl)c3)c(=O)n2C)c1. The number of benzene rings is 2. The van der Waals surface area contributed by atoms with Crippen molar-refractivity contribution >= 4 is 46.0 Å². The summed E-state index contributed by atoms with van der Waals surface area (Å²) in [6.45, 7) is 3.54. The van der Waals surface area contributed by atoms with Gasteiger partial charge < -0.3 is 14.2 Å². The molecule has 0 radical (unpaired) electrons. The summed E-state index contributed by atoms with van der Waals surface area (Å²) in [4.78, 5) is 33.6. The first kappa shape index (κ1) is 22.6. The minimum Gasteiger partial charge on any atom is -0.497 e. The van der Waals surface area contributed by atoms with Crippen LogP contribution in [0.5, 0.6) is 5.75 Å². The van der Waals surface area contributed by atoms with Crippen molar-refractivity contribution in [1.82, 2.24) is 18.7 Å². The van der Waals surface area contributed by atoms with Crippen molar-refractivity contribution in [3.05, 3.63) is 78.9 Å². The summed E-state index contributed by atoms with van der Waals surface area (Å²) in [7, 11) is 3.26. The number of methoxy groups -OCH3 is 1. The molecule has 1 atom stereocenters. The summed E-state index contributed by atoms with van der Waals surface area (Å²) in [5.41, 5.74) is 1.54. The van der Waals surface area contributed by atoms with E-state index < -0.39 is 5.69 Å². The molecule has 0 aliphatic carbocycles. The third kappa shape index (κ3) is 3.67. The van der Waals surface area contributed by atoms with E-state index in [1.165, 1.54) is 9.13 Å². The molecular weight excluding hydrogens is 477 g/mol. The zero-order chi connectivity index (χ0) is 24.1. The number of hydrogen-bond donors (Lipinski definition) is 0. The number of aromatic nitrogens is 4. The molecule has 2 aromatic carbocycles. The lowest BCUT2D eigenvalue weighted by molar-refractivity contribution is 0.414. The lowest BCUT2D eigenvalue weighted by atomic mass is 10.1. The van der Waals surface area contributed by atoms with Gasteiger partial charge in [0.1, 0.15) is 5.75 Å². The molecule has 4 aromatic rings. The molecule has 0 spiro atoms. The van der Waals surface area contributed by atoms with Crippen LogP contribution in [0.2, 0.25) is 10.0 Å². The molecule has 176 valence electrons. The van der Waals surface area contributed by atoms with E-state index in [1.807, 2.05) is 28.8 Å². The van der Waals surface area contributed by atoms with Crippen LogP contribution in [0, 0.1) is 5.92 Å². The molecule has 8 nitrogen and oxygen atoms in total. The maximum absolute atomic E-state index is 13.6. The second-order valence-corrected chi connectivity index (χ2v) is 9.41. The highest BCUT2D eigenvalue weighted by atomic mass is 35.5. The highest BCUT2D eigenvalue weighted by Gasteiger charge is 2.30. The normalized spacial score (nSPS) is 15.6. The number of anilines is 2. The fourth-order valence-corrected chi connectivity index (χ4v) is 4.78. The summed E-state index contributed by atoms with van der Waals surface area (Å²) < 4.78 is 9.94. The molecule has 0 fully saturated rings. The molecule has 1 unspecified atom stereocenters. The Labute approximate surface area is 205 Å². The second-order valence-electron chi connectivity index (χ2n) is 8.59. The van der Waals surface area contributed by atoms with E-state index in [0.29, 0.717) is 39.3 Å². The van der Waals surface area contributed by atoms with Crippen LogP contribution in [0.3, 0.4) is 0 Å². The number of fused-ring (bicyclic) bond motifs is 3. The van der Waals surface area contributed by atoms with E-state index in [0.717, 1.165) is 18.0 Å². The second kappa shape index (κ2) is 8.52. The maximum atomic E-state index is 13.6. The number of rotatable bonds is 4. The Morgan fingerprint density at radius 2 is 1.88 bits per heavy atom. The van der Waals surface area contributed by atoms with Crippen LogP contribution < -0.4 is 20.9 Å². The van der Waals surface area contributed by atoms with Crippen LogP contribution in [0.25, 0.3) is 11.2 Å². The van der Waals surface area contributed by atoms with E-state index in [9.17, 15) is 9.59 Å². The molecule has 0 N–H and O–H groups in total. The van der Waals surface area contributed by atoms with E-state index in [-0.39, 0.29) is 18.0 Å². The quantitative estimate of drug-likeness (QED) is 0.423. The van der Waals surface area contributed by atoms with Crippen molar-refractivity contribution < 1.29 is 4.74 Å². The smallest absolute Gasteiger partial charge is 0.332 e. The first-order chi connectivity index (χ1) is 16.3. The van der Waals surface area contributed by atoms with Gasteiger partial charge in [-0.25, -0.2) is 4.79 Å². The van der Waals surface area contributed by atoms with Gasteiger partial charge in [-0.2, -0.15) is 4.98 Å². The van der Waals surface area contributed by atoms with Gasteiger partial charge in [0.05, 0.1) is 23.7 Å². The minimum absolute atomic E-state index is 0.0774. The molecule has 34 heavy (non-hydrogen) atoms. The van der Waals surface area contributed by atoms with Crippen molar-refractivity contribution in [2.24, 2.45) is 13.0 Å². The van der Waals surface area contributed by atoms with Gasteiger partial charge in [0, 0.05) is 31.9 Å². The zero-order valence-corrected chi connectivity index (χ0v) is 20.5. The van der Waals surface area contributed by atoms with Crippen molar-refractivity contribution in [2.75, 3.05) is 18.6 Å². The van der Waals surface area contributed by atoms with Crippen molar-refractivity contribution in [1.29, 1.82) is 0 Å². The largest absolute Gasteiger partial charge is 0.497 e. The van der Waals surface area contributed by atoms with Crippen molar-refractivity contribution in [2.45, 2.75) is 20.0 Å². The molecule has 10 heteroatoms. The van der Waals surface area contributed by atoms with Gasteiger partial charge in [0.25, 0.3) is 5.56 Å². The lowest BCUT2D eigenvalue weighted by Gasteiger charge is -2.33. The molecule has 2 aromatic heterocycles. The van der Waals surface area contributed by atoms with Gasteiger partial charge in [-0.05, 0) is 35.7 Å². The number of aryl methyl sites for hydroxylation is 1. The van der Waals surface area contributed by atoms with Gasteiger partial charge in [0.15, 0.2) is 11.2 Å². The summed E-state index contributed by atoms with van der Waals surface area (Å²) in [5.74, 6) is 1.60. The fraction of sp³-hybridized carbons (Fsp3) is 0.292. The zero-order valence-electron chi connectivity index (χ0n) is 19.0. The van der Waals surface area contributed by atoms with Crippen LogP contribution in [-0.2, 0) is 20.1 Å². The average Bonchev–Trinajstić information content (AvgIpc) is 3.21. The number of halogens is 2. The lowest BCUT2D eigenvalue weighted by Crippen LogP contribution is -2.40. The maximum Gasteiger partial charge on any atom is 0.332 e. The fourth-order valence-electron chi connectivity index (χ4n) is 4.46. The molecule has 1 aliphatic heterocycles. The predicted octanol–water partition coefficient (Wildman–Crippen LogP) is 4.05. The molecule has 0 amide bonds. The van der Waals surface area contributed by atoms with E-state index >= 15 is 0 Å². The molecular formula is C24H23Cl2N5O3. The summed E-state index contributed by atoms with van der Waals surface area (Å²) in [6, 6.07) is 12.8. The van der Waals surface area contributed by atoms with Crippen molar-refractivity contribution in [3.63, 3.8) is 0 Å². The summed E-state index contributed by atoms with van der Waals surface area (Å²) in [5, 5.41) is 0.784. The van der Waals surface area contributed by atoms with Gasteiger partial charge in [-0.15, -0.1) is 0 Å². The summed E-state index contributed by atoms with van der Waals surface area (Å²) >= 11 is 12.2. The van der Waals surface area contributed by atoms with Gasteiger partial charge in [0.2, 0.25) is 5.95 Å². The predicted molar refractivity (Wildman–Crippen MR) is 134 cm³/mol. The topological polar surface area (TPSA) is 74.3 Å². The molecule has 0 saturated carbocycles. The van der Waals surface area contributed by atoms with Gasteiger partial charge >= 0.3 is 5.69 Å². The van der Waals surface area contributed by atoms with Gasteiger partial charge in [-0.1, -0.05) is 42.3 Å². The monoisotopic (exact) mass is 499 g/mol. The minimum atomic E-state index is -0.444. The molecule has 3 heterocycles. The van der Waals surface area contributed by atoms with E-state index in [1.54, 1.807) is 32.4 Å². The Hall–Kier alpha value is -3.23. The Morgan fingerprint density at radius 1 is 1.09 bits per heavy atom. The Morgan fingerprint density at radius 3 is 2.62 bits per heavy atom. The van der Waals surface area contributed by atoms with Crippen molar-refractivity contribution in [3.8, 4) is 5.75 Å². The first-order valence-electron chi connectivity index (χ1n) is 10.8. The summed E-state index contributed by atoms with van der Waals surface area (Å²) in [6.07, 6.45) is 0. The third-order valence-corrected chi connectivity index (χ3v) is 6.87. The van der Waals surface area contributed by atoms with Crippen LogP contribution in [-0.4, -0.2) is 32.3 Å².